The second-order valence-corrected chi connectivity index (χ2v) is 8.67. The zero-order chi connectivity index (χ0) is 19.8. The van der Waals surface area contributed by atoms with Gasteiger partial charge in [-0.05, 0) is 69.8 Å². The zero-order valence-corrected chi connectivity index (χ0v) is 17.2. The minimum absolute atomic E-state index is 0.275. The molecular weight excluding hydrogens is 367 g/mol. The number of aromatic nitrogens is 1. The summed E-state index contributed by atoms with van der Waals surface area (Å²) in [5.41, 5.74) is 4.30. The van der Waals surface area contributed by atoms with E-state index in [1.54, 1.807) is 6.07 Å². The molecule has 5 nitrogen and oxygen atoms in total. The first kappa shape index (κ1) is 18.8. The van der Waals surface area contributed by atoms with Crippen molar-refractivity contribution in [2.45, 2.75) is 51.4 Å². The van der Waals surface area contributed by atoms with Gasteiger partial charge >= 0.3 is 0 Å². The number of amidine groups is 1. The van der Waals surface area contributed by atoms with Crippen molar-refractivity contribution in [2.75, 3.05) is 32.7 Å². The van der Waals surface area contributed by atoms with Crippen molar-refractivity contribution in [3.05, 3.63) is 41.0 Å². The number of rotatable bonds is 4. The number of hydrogen-bond acceptors (Lipinski definition) is 5. The van der Waals surface area contributed by atoms with Crippen molar-refractivity contribution in [2.24, 2.45) is 4.99 Å². The van der Waals surface area contributed by atoms with Crippen molar-refractivity contribution in [3.8, 4) is 0 Å². The average Bonchev–Trinajstić information content (AvgIpc) is 3.15. The molecule has 0 spiro atoms. The lowest BCUT2D eigenvalue weighted by Gasteiger charge is -2.36. The van der Waals surface area contributed by atoms with Crippen LogP contribution in [0.3, 0.4) is 0 Å². The molecule has 0 bridgehead atoms. The normalized spacial score (nSPS) is 21.6. The maximum Gasteiger partial charge on any atom is 0.170 e. The molecule has 3 aliphatic heterocycles. The van der Waals surface area contributed by atoms with E-state index in [1.807, 2.05) is 0 Å². The number of allylic oxidation sites excluding steroid dienone is 1. The lowest BCUT2D eigenvalue weighted by atomic mass is 9.91. The Morgan fingerprint density at radius 2 is 2.03 bits per heavy atom. The standard InChI is InChI=1S/C23H29FN4O/c1-16-18(15-28-10-3-2-4-22(28)25-16)9-13-27-11-7-17(8-12-27)23-20-6-5-19(24)14-21(20)29-26-23/h5-6,14,17H,2-4,7-13,15H2,1H3. The molecule has 0 unspecified atom stereocenters. The zero-order valence-electron chi connectivity index (χ0n) is 17.2. The summed E-state index contributed by atoms with van der Waals surface area (Å²) in [4.78, 5) is 9.94. The average molecular weight is 397 g/mol. The molecule has 2 fully saturated rings. The number of benzene rings is 1. The summed E-state index contributed by atoms with van der Waals surface area (Å²) in [5, 5.41) is 5.23. The number of piperidine rings is 2. The largest absolute Gasteiger partial charge is 0.356 e. The van der Waals surface area contributed by atoms with Crippen LogP contribution < -0.4 is 0 Å². The van der Waals surface area contributed by atoms with Crippen molar-refractivity contribution in [3.63, 3.8) is 0 Å². The smallest absolute Gasteiger partial charge is 0.170 e. The van der Waals surface area contributed by atoms with Gasteiger partial charge in [-0.25, -0.2) is 9.38 Å². The molecule has 0 N–H and O–H groups in total. The van der Waals surface area contributed by atoms with Crippen LogP contribution in [0.4, 0.5) is 4.39 Å². The Labute approximate surface area is 171 Å². The second-order valence-electron chi connectivity index (χ2n) is 8.67. The molecule has 5 rings (SSSR count). The van der Waals surface area contributed by atoms with E-state index >= 15 is 0 Å². The van der Waals surface area contributed by atoms with E-state index in [0.717, 1.165) is 69.5 Å². The number of nitrogens with zero attached hydrogens (tertiary/aromatic N) is 4. The molecular formula is C23H29FN4O. The number of halogens is 1. The van der Waals surface area contributed by atoms with Gasteiger partial charge in [-0.3, -0.25) is 0 Å². The topological polar surface area (TPSA) is 44.9 Å². The Kier molecular flexibility index (Phi) is 5.12. The van der Waals surface area contributed by atoms with E-state index in [-0.39, 0.29) is 5.82 Å². The van der Waals surface area contributed by atoms with E-state index in [4.69, 9.17) is 9.52 Å². The third-order valence-electron chi connectivity index (χ3n) is 6.80. The van der Waals surface area contributed by atoms with Gasteiger partial charge in [0.05, 0.1) is 5.69 Å². The van der Waals surface area contributed by atoms with E-state index in [9.17, 15) is 4.39 Å². The molecule has 4 heterocycles. The molecule has 0 saturated carbocycles. The van der Waals surface area contributed by atoms with Crippen molar-refractivity contribution in [1.29, 1.82) is 0 Å². The fourth-order valence-electron chi connectivity index (χ4n) is 5.00. The number of likely N-dealkylation sites (tertiary alicyclic amines) is 1. The first-order chi connectivity index (χ1) is 14.2. The van der Waals surface area contributed by atoms with Gasteiger partial charge in [0, 0.05) is 49.1 Å². The Hall–Kier alpha value is -2.21. The van der Waals surface area contributed by atoms with Crippen LogP contribution in [0.2, 0.25) is 0 Å². The van der Waals surface area contributed by atoms with E-state index in [2.05, 4.69) is 21.9 Å². The van der Waals surface area contributed by atoms with Crippen LogP contribution in [0.25, 0.3) is 11.0 Å². The highest BCUT2D eigenvalue weighted by molar-refractivity contribution is 5.85. The fourth-order valence-corrected chi connectivity index (χ4v) is 5.00. The van der Waals surface area contributed by atoms with Crippen LogP contribution in [-0.2, 0) is 0 Å². The van der Waals surface area contributed by atoms with Gasteiger partial charge in [-0.1, -0.05) is 5.16 Å². The molecule has 2 saturated heterocycles. The lowest BCUT2D eigenvalue weighted by Crippen LogP contribution is -2.40. The van der Waals surface area contributed by atoms with Crippen LogP contribution in [0.1, 0.15) is 57.1 Å². The maximum atomic E-state index is 13.4. The third-order valence-corrected chi connectivity index (χ3v) is 6.80. The van der Waals surface area contributed by atoms with Crippen molar-refractivity contribution >= 4 is 16.8 Å². The molecule has 3 aliphatic rings. The number of fused-ring (bicyclic) bond motifs is 2. The summed E-state index contributed by atoms with van der Waals surface area (Å²) < 4.78 is 18.8. The van der Waals surface area contributed by atoms with Gasteiger partial charge in [0.2, 0.25) is 0 Å². The summed E-state index contributed by atoms with van der Waals surface area (Å²) in [5.74, 6) is 1.43. The van der Waals surface area contributed by atoms with Gasteiger partial charge < -0.3 is 14.3 Å². The van der Waals surface area contributed by atoms with E-state index in [1.165, 1.54) is 42.1 Å². The SMILES string of the molecule is CC1=C(CCN2CCC(c3noc4cc(F)ccc34)CC2)CN2CCCCC2=N1. The summed E-state index contributed by atoms with van der Waals surface area (Å²) in [6.45, 7) is 7.66. The third kappa shape index (κ3) is 3.82. The molecule has 0 aliphatic carbocycles. The molecule has 0 radical (unpaired) electrons. The lowest BCUT2D eigenvalue weighted by molar-refractivity contribution is 0.210. The Morgan fingerprint density at radius 3 is 2.90 bits per heavy atom. The fraction of sp³-hybridized carbons (Fsp3) is 0.565. The number of hydrogen-bond donors (Lipinski definition) is 0. The first-order valence-electron chi connectivity index (χ1n) is 11.0. The minimum atomic E-state index is -0.275. The first-order valence-corrected chi connectivity index (χ1v) is 11.0. The molecule has 29 heavy (non-hydrogen) atoms. The Bertz CT molecular complexity index is 955. The molecule has 6 heteroatoms. The van der Waals surface area contributed by atoms with Crippen molar-refractivity contribution in [1.82, 2.24) is 15.0 Å². The summed E-state index contributed by atoms with van der Waals surface area (Å²) in [7, 11) is 0. The minimum Gasteiger partial charge on any atom is -0.356 e. The van der Waals surface area contributed by atoms with Crippen LogP contribution in [0.15, 0.2) is 39.0 Å². The summed E-state index contributed by atoms with van der Waals surface area (Å²) in [6.07, 6.45) is 6.97. The van der Waals surface area contributed by atoms with Gasteiger partial charge in [0.25, 0.3) is 0 Å². The van der Waals surface area contributed by atoms with Crippen LogP contribution >= 0.6 is 0 Å². The van der Waals surface area contributed by atoms with Gasteiger partial charge in [-0.15, -0.1) is 0 Å². The maximum absolute atomic E-state index is 13.4. The predicted octanol–water partition coefficient (Wildman–Crippen LogP) is 4.71. The quantitative estimate of drug-likeness (QED) is 0.751. The Balaban J connectivity index is 1.18. The molecule has 0 amide bonds. The monoisotopic (exact) mass is 396 g/mol. The van der Waals surface area contributed by atoms with Crippen LogP contribution in [0.5, 0.6) is 0 Å². The summed E-state index contributed by atoms with van der Waals surface area (Å²) >= 11 is 0. The summed E-state index contributed by atoms with van der Waals surface area (Å²) in [6, 6.07) is 4.72. The van der Waals surface area contributed by atoms with Gasteiger partial charge in [0.15, 0.2) is 5.58 Å². The number of aliphatic imine (C=N–C) groups is 1. The predicted molar refractivity (Wildman–Crippen MR) is 113 cm³/mol. The van der Waals surface area contributed by atoms with Crippen LogP contribution in [0, 0.1) is 5.82 Å². The van der Waals surface area contributed by atoms with Crippen molar-refractivity contribution < 1.29 is 8.91 Å². The van der Waals surface area contributed by atoms with Gasteiger partial charge in [-0.2, -0.15) is 0 Å². The van der Waals surface area contributed by atoms with Gasteiger partial charge in [0.1, 0.15) is 11.7 Å². The highest BCUT2D eigenvalue weighted by atomic mass is 19.1. The van der Waals surface area contributed by atoms with Crippen LogP contribution in [-0.4, -0.2) is 53.5 Å². The highest BCUT2D eigenvalue weighted by Crippen LogP contribution is 2.33. The molecule has 1 aromatic heterocycles. The molecule has 0 atom stereocenters. The Morgan fingerprint density at radius 1 is 1.17 bits per heavy atom. The van der Waals surface area contributed by atoms with E-state index in [0.29, 0.717) is 11.5 Å². The molecule has 1 aromatic carbocycles. The highest BCUT2D eigenvalue weighted by Gasteiger charge is 2.26. The second kappa shape index (κ2) is 7.90. The molecule has 154 valence electrons. The van der Waals surface area contributed by atoms with E-state index < -0.39 is 0 Å². The molecule has 2 aromatic rings.